The van der Waals surface area contributed by atoms with Crippen LogP contribution in [0.3, 0.4) is 0 Å². The van der Waals surface area contributed by atoms with Crippen molar-refractivity contribution in [2.75, 3.05) is 5.32 Å². The second kappa shape index (κ2) is 7.37. The molecule has 2 aromatic heterocycles. The Bertz CT molecular complexity index is 1060. The summed E-state index contributed by atoms with van der Waals surface area (Å²) in [5.41, 5.74) is 2.70. The molecular weight excluding hydrogens is 384 g/mol. The predicted octanol–water partition coefficient (Wildman–Crippen LogP) is 5.03. The van der Waals surface area contributed by atoms with Gasteiger partial charge in [0.25, 0.3) is 11.8 Å². The SMILES string of the molecule is CC(C)(C)c1ccc(NC2=C(c3cccs3)C(=O)N(Cc3ccco3)C2=O)cc1. The van der Waals surface area contributed by atoms with Crippen molar-refractivity contribution in [3.8, 4) is 0 Å². The van der Waals surface area contributed by atoms with Crippen LogP contribution in [0, 0.1) is 0 Å². The largest absolute Gasteiger partial charge is 0.467 e. The van der Waals surface area contributed by atoms with Crippen LogP contribution in [0.25, 0.3) is 5.57 Å². The molecule has 3 heterocycles. The van der Waals surface area contributed by atoms with Crippen molar-refractivity contribution in [1.82, 2.24) is 4.90 Å². The topological polar surface area (TPSA) is 62.6 Å². The summed E-state index contributed by atoms with van der Waals surface area (Å²) < 4.78 is 5.33. The summed E-state index contributed by atoms with van der Waals surface area (Å²) >= 11 is 1.44. The van der Waals surface area contributed by atoms with Crippen LogP contribution in [0.15, 0.2) is 70.3 Å². The van der Waals surface area contributed by atoms with Crippen LogP contribution >= 0.6 is 11.3 Å². The van der Waals surface area contributed by atoms with Gasteiger partial charge in [0, 0.05) is 10.6 Å². The molecule has 0 bridgehead atoms. The van der Waals surface area contributed by atoms with Gasteiger partial charge in [0.05, 0.1) is 18.4 Å². The fourth-order valence-corrected chi connectivity index (χ4v) is 4.01. The molecule has 2 amide bonds. The zero-order valence-corrected chi connectivity index (χ0v) is 17.4. The fraction of sp³-hybridized carbons (Fsp3) is 0.217. The van der Waals surface area contributed by atoms with Gasteiger partial charge in [-0.3, -0.25) is 14.5 Å². The highest BCUT2D eigenvalue weighted by Gasteiger charge is 2.40. The molecule has 0 saturated heterocycles. The van der Waals surface area contributed by atoms with E-state index in [4.69, 9.17) is 4.42 Å². The summed E-state index contributed by atoms with van der Waals surface area (Å²) in [5, 5.41) is 5.09. The summed E-state index contributed by atoms with van der Waals surface area (Å²) in [4.78, 5) is 28.2. The Morgan fingerprint density at radius 1 is 1.00 bits per heavy atom. The molecule has 0 aliphatic carbocycles. The molecule has 6 heteroatoms. The highest BCUT2D eigenvalue weighted by molar-refractivity contribution is 7.11. The van der Waals surface area contributed by atoms with Crippen LogP contribution < -0.4 is 5.32 Å². The summed E-state index contributed by atoms with van der Waals surface area (Å²) in [6.07, 6.45) is 1.53. The molecule has 3 aromatic rings. The smallest absolute Gasteiger partial charge is 0.278 e. The summed E-state index contributed by atoms with van der Waals surface area (Å²) in [7, 11) is 0. The normalized spacial score (nSPS) is 14.8. The van der Waals surface area contributed by atoms with Crippen LogP contribution in [0.2, 0.25) is 0 Å². The first kappa shape index (κ1) is 19.2. The van der Waals surface area contributed by atoms with Gasteiger partial charge in [0.1, 0.15) is 11.5 Å². The molecule has 5 nitrogen and oxygen atoms in total. The third-order valence-electron chi connectivity index (χ3n) is 4.85. The second-order valence-electron chi connectivity index (χ2n) is 7.96. The Labute approximate surface area is 173 Å². The van der Waals surface area contributed by atoms with Crippen LogP contribution in [0.1, 0.15) is 37.0 Å². The Balaban J connectivity index is 1.67. The Hall–Kier alpha value is -3.12. The lowest BCUT2D eigenvalue weighted by Gasteiger charge is -2.19. The van der Waals surface area contributed by atoms with Gasteiger partial charge in [-0.1, -0.05) is 39.0 Å². The van der Waals surface area contributed by atoms with Gasteiger partial charge < -0.3 is 9.73 Å². The molecule has 0 fully saturated rings. The van der Waals surface area contributed by atoms with Gasteiger partial charge in [0.2, 0.25) is 0 Å². The molecule has 0 radical (unpaired) electrons. The molecule has 4 rings (SSSR count). The van der Waals surface area contributed by atoms with E-state index in [-0.39, 0.29) is 23.8 Å². The number of amides is 2. The molecule has 1 N–H and O–H groups in total. The Morgan fingerprint density at radius 2 is 1.76 bits per heavy atom. The highest BCUT2D eigenvalue weighted by atomic mass is 32.1. The first-order chi connectivity index (χ1) is 13.8. The van der Waals surface area contributed by atoms with E-state index in [0.29, 0.717) is 17.0 Å². The molecule has 0 atom stereocenters. The molecule has 29 heavy (non-hydrogen) atoms. The minimum atomic E-state index is -0.352. The average Bonchev–Trinajstić information content (AvgIpc) is 3.42. The second-order valence-corrected chi connectivity index (χ2v) is 8.90. The van der Waals surface area contributed by atoms with Crippen molar-refractivity contribution in [3.63, 3.8) is 0 Å². The first-order valence-corrected chi connectivity index (χ1v) is 10.3. The number of thiophene rings is 1. The number of anilines is 1. The minimum Gasteiger partial charge on any atom is -0.467 e. The van der Waals surface area contributed by atoms with E-state index >= 15 is 0 Å². The number of carbonyl (C=O) groups is 2. The zero-order valence-electron chi connectivity index (χ0n) is 16.6. The first-order valence-electron chi connectivity index (χ1n) is 9.39. The molecule has 1 aromatic carbocycles. The molecule has 148 valence electrons. The minimum absolute atomic E-state index is 0.0406. The lowest BCUT2D eigenvalue weighted by molar-refractivity contribution is -0.137. The van der Waals surface area contributed by atoms with Crippen molar-refractivity contribution in [2.24, 2.45) is 0 Å². The number of furan rings is 1. The van der Waals surface area contributed by atoms with Crippen LogP contribution in [-0.2, 0) is 21.5 Å². The predicted molar refractivity (Wildman–Crippen MR) is 114 cm³/mol. The van der Waals surface area contributed by atoms with Gasteiger partial charge in [-0.2, -0.15) is 0 Å². The standard InChI is InChI=1S/C23H22N2O3S/c1-23(2,3)15-8-10-16(11-9-15)24-20-19(18-7-5-13-29-18)21(26)25(22(20)27)14-17-6-4-12-28-17/h4-13,24H,14H2,1-3H3. The lowest BCUT2D eigenvalue weighted by atomic mass is 9.87. The maximum atomic E-state index is 13.1. The van der Waals surface area contributed by atoms with E-state index in [1.807, 2.05) is 41.8 Å². The van der Waals surface area contributed by atoms with Crippen LogP contribution in [-0.4, -0.2) is 16.7 Å². The number of hydrogen-bond acceptors (Lipinski definition) is 5. The van der Waals surface area contributed by atoms with Gasteiger partial charge in [0.15, 0.2) is 0 Å². The maximum Gasteiger partial charge on any atom is 0.278 e. The third-order valence-corrected chi connectivity index (χ3v) is 5.74. The van der Waals surface area contributed by atoms with E-state index in [9.17, 15) is 9.59 Å². The van der Waals surface area contributed by atoms with E-state index in [2.05, 4.69) is 26.1 Å². The van der Waals surface area contributed by atoms with Crippen molar-refractivity contribution in [3.05, 3.63) is 82.1 Å². The number of nitrogens with zero attached hydrogens (tertiary/aromatic N) is 1. The number of nitrogens with one attached hydrogen (secondary N) is 1. The summed E-state index contributed by atoms with van der Waals surface area (Å²) in [5.74, 6) is -0.106. The number of carbonyl (C=O) groups excluding carboxylic acids is 2. The van der Waals surface area contributed by atoms with E-state index in [1.165, 1.54) is 28.1 Å². The lowest BCUT2D eigenvalue weighted by Crippen LogP contribution is -2.31. The van der Waals surface area contributed by atoms with E-state index in [0.717, 1.165) is 10.6 Å². The van der Waals surface area contributed by atoms with Crippen molar-refractivity contribution >= 4 is 34.4 Å². The third kappa shape index (κ3) is 3.76. The highest BCUT2D eigenvalue weighted by Crippen LogP contribution is 2.34. The fourth-order valence-electron chi connectivity index (χ4n) is 3.24. The molecule has 1 aliphatic rings. The van der Waals surface area contributed by atoms with Crippen molar-refractivity contribution in [2.45, 2.75) is 32.7 Å². The van der Waals surface area contributed by atoms with E-state index in [1.54, 1.807) is 12.1 Å². The molecule has 0 spiro atoms. The van der Waals surface area contributed by atoms with E-state index < -0.39 is 0 Å². The maximum absolute atomic E-state index is 13.1. The number of rotatable bonds is 5. The molecular formula is C23H22N2O3S. The summed E-state index contributed by atoms with van der Waals surface area (Å²) in [6.45, 7) is 6.56. The average molecular weight is 407 g/mol. The zero-order chi connectivity index (χ0) is 20.6. The summed E-state index contributed by atoms with van der Waals surface area (Å²) in [6, 6.07) is 15.2. The monoisotopic (exact) mass is 406 g/mol. The van der Waals surface area contributed by atoms with Crippen LogP contribution in [0.4, 0.5) is 5.69 Å². The molecule has 1 aliphatic heterocycles. The van der Waals surface area contributed by atoms with Gasteiger partial charge in [-0.15, -0.1) is 11.3 Å². The Kier molecular flexibility index (Phi) is 4.88. The van der Waals surface area contributed by atoms with Gasteiger partial charge in [-0.25, -0.2) is 0 Å². The number of imide groups is 1. The van der Waals surface area contributed by atoms with Crippen molar-refractivity contribution in [1.29, 1.82) is 0 Å². The van der Waals surface area contributed by atoms with Crippen molar-refractivity contribution < 1.29 is 14.0 Å². The number of hydrogen-bond donors (Lipinski definition) is 1. The van der Waals surface area contributed by atoms with Crippen LogP contribution in [0.5, 0.6) is 0 Å². The van der Waals surface area contributed by atoms with Gasteiger partial charge >= 0.3 is 0 Å². The Morgan fingerprint density at radius 3 is 2.34 bits per heavy atom. The number of benzene rings is 1. The molecule has 0 unspecified atom stereocenters. The quantitative estimate of drug-likeness (QED) is 0.604. The molecule has 0 saturated carbocycles. The van der Waals surface area contributed by atoms with Gasteiger partial charge in [-0.05, 0) is 46.7 Å².